The molecule has 2 unspecified atom stereocenters. The number of aliphatic hydroxyl groups is 1. The molecule has 0 aliphatic heterocycles. The molecule has 0 spiro atoms. The Labute approximate surface area is 530 Å². The second kappa shape index (κ2) is 60.3. The van der Waals surface area contributed by atoms with E-state index in [4.69, 9.17) is 37.0 Å². The van der Waals surface area contributed by atoms with Crippen LogP contribution in [0.15, 0.2) is 0 Å². The summed E-state index contributed by atoms with van der Waals surface area (Å²) in [5, 5.41) is 10.5. The third-order valence-corrected chi connectivity index (χ3v) is 17.6. The molecule has 0 rings (SSSR count). The number of carbonyl (C=O) groups is 4. The Morgan fingerprint density at radius 3 is 0.782 bits per heavy atom. The number of phosphoric ester groups is 2. The Morgan fingerprint density at radius 1 is 0.310 bits per heavy atom. The third kappa shape index (κ3) is 62.6. The van der Waals surface area contributed by atoms with Crippen molar-refractivity contribution in [2.24, 2.45) is 11.8 Å². The minimum Gasteiger partial charge on any atom is -0.462 e. The topological polar surface area (TPSA) is 237 Å². The van der Waals surface area contributed by atoms with Gasteiger partial charge in [-0.25, -0.2) is 9.13 Å². The monoisotopic (exact) mass is 1280 g/mol. The maximum atomic E-state index is 13.0. The van der Waals surface area contributed by atoms with E-state index in [1.807, 2.05) is 0 Å². The van der Waals surface area contributed by atoms with Gasteiger partial charge in [0.05, 0.1) is 26.4 Å². The molecule has 0 aromatic heterocycles. The van der Waals surface area contributed by atoms with Crippen LogP contribution in [-0.2, 0) is 65.4 Å². The number of phosphoric acid groups is 2. The van der Waals surface area contributed by atoms with Crippen molar-refractivity contribution in [2.45, 2.75) is 362 Å². The first-order valence-electron chi connectivity index (χ1n) is 35.5. The number of unbranched alkanes of at least 4 members (excludes halogenated alkanes) is 37. The summed E-state index contributed by atoms with van der Waals surface area (Å²) in [6, 6.07) is 0. The molecule has 0 fully saturated rings. The second-order valence-corrected chi connectivity index (χ2v) is 28.4. The zero-order chi connectivity index (χ0) is 64.3. The molecule has 0 aromatic carbocycles. The molecule has 0 radical (unpaired) electrons. The van der Waals surface area contributed by atoms with Gasteiger partial charge in [0.2, 0.25) is 0 Å². The van der Waals surface area contributed by atoms with E-state index in [2.05, 4.69) is 41.5 Å². The van der Waals surface area contributed by atoms with Crippen molar-refractivity contribution in [3.63, 3.8) is 0 Å². The fraction of sp³-hybridized carbons (Fsp3) is 0.941. The molecule has 0 amide bonds. The first kappa shape index (κ1) is 85.1. The highest BCUT2D eigenvalue weighted by Crippen LogP contribution is 2.45. The lowest BCUT2D eigenvalue weighted by molar-refractivity contribution is -0.161. The number of esters is 4. The minimum atomic E-state index is -4.95. The Hall–Kier alpha value is -1.94. The van der Waals surface area contributed by atoms with Gasteiger partial charge in [0.25, 0.3) is 0 Å². The van der Waals surface area contributed by atoms with E-state index in [0.717, 1.165) is 115 Å². The summed E-state index contributed by atoms with van der Waals surface area (Å²) in [6.07, 6.45) is 44.6. The minimum absolute atomic E-state index is 0.105. The van der Waals surface area contributed by atoms with Gasteiger partial charge in [-0.3, -0.25) is 37.3 Å². The molecule has 17 nitrogen and oxygen atoms in total. The summed E-state index contributed by atoms with van der Waals surface area (Å²) in [6.45, 7) is 9.49. The van der Waals surface area contributed by atoms with E-state index in [1.165, 1.54) is 148 Å². The van der Waals surface area contributed by atoms with Gasteiger partial charge < -0.3 is 33.8 Å². The van der Waals surface area contributed by atoms with Gasteiger partial charge in [-0.1, -0.05) is 292 Å². The Morgan fingerprint density at radius 2 is 0.529 bits per heavy atom. The van der Waals surface area contributed by atoms with Crippen molar-refractivity contribution in [1.29, 1.82) is 0 Å². The smallest absolute Gasteiger partial charge is 0.462 e. The molecule has 0 aliphatic rings. The average Bonchev–Trinajstić information content (AvgIpc) is 3.47. The molecule has 0 aromatic rings. The normalized spacial score (nSPS) is 14.2. The number of aliphatic hydroxyl groups excluding tert-OH is 1. The SMILES string of the molecule is CCCCCCCCCCCC(=O)O[C@H](COC(=O)CCCCCCCCC)COP(=O)(O)OC[C@H](O)COP(=O)(O)OC[C@@H](COC(=O)CCCCCCCCCCCCC(C)C)OC(=O)CCCCCCCCCCCCCCCCCC(C)C. The van der Waals surface area contributed by atoms with Gasteiger partial charge in [-0.05, 0) is 37.5 Å². The Kier molecular flexibility index (Phi) is 59.0. The highest BCUT2D eigenvalue weighted by Gasteiger charge is 2.30. The largest absolute Gasteiger partial charge is 0.472 e. The predicted molar refractivity (Wildman–Crippen MR) is 349 cm³/mol. The van der Waals surface area contributed by atoms with Crippen molar-refractivity contribution in [3.05, 3.63) is 0 Å². The number of carbonyl (C=O) groups excluding carboxylic acids is 4. The van der Waals surface area contributed by atoms with Gasteiger partial charge in [0.15, 0.2) is 12.2 Å². The summed E-state index contributed by atoms with van der Waals surface area (Å²) in [4.78, 5) is 72.2. The maximum Gasteiger partial charge on any atom is 0.472 e. The molecule has 0 saturated carbocycles. The van der Waals surface area contributed by atoms with Crippen LogP contribution in [-0.4, -0.2) is 96.7 Å². The number of rotatable bonds is 67. The molecule has 0 aliphatic carbocycles. The van der Waals surface area contributed by atoms with Crippen LogP contribution < -0.4 is 0 Å². The fourth-order valence-corrected chi connectivity index (χ4v) is 11.8. The van der Waals surface area contributed by atoms with E-state index in [-0.39, 0.29) is 25.7 Å². The highest BCUT2D eigenvalue weighted by molar-refractivity contribution is 7.47. The van der Waals surface area contributed by atoms with Crippen LogP contribution in [0.2, 0.25) is 0 Å². The van der Waals surface area contributed by atoms with Crippen LogP contribution in [0.3, 0.4) is 0 Å². The zero-order valence-corrected chi connectivity index (χ0v) is 58.1. The first-order chi connectivity index (χ1) is 41.9. The van der Waals surface area contributed by atoms with E-state index in [9.17, 15) is 43.2 Å². The quantitative estimate of drug-likeness (QED) is 0.0222. The molecule has 516 valence electrons. The summed E-state index contributed by atoms with van der Waals surface area (Å²) >= 11 is 0. The lowest BCUT2D eigenvalue weighted by Crippen LogP contribution is -2.30. The van der Waals surface area contributed by atoms with Crippen LogP contribution >= 0.6 is 15.6 Å². The van der Waals surface area contributed by atoms with Crippen molar-refractivity contribution >= 4 is 39.5 Å². The van der Waals surface area contributed by atoms with Gasteiger partial charge >= 0.3 is 39.5 Å². The summed E-state index contributed by atoms with van der Waals surface area (Å²) < 4.78 is 68.0. The second-order valence-electron chi connectivity index (χ2n) is 25.5. The summed E-state index contributed by atoms with van der Waals surface area (Å²) in [5.74, 6) is -0.571. The molecule has 0 heterocycles. The van der Waals surface area contributed by atoms with E-state index >= 15 is 0 Å². The van der Waals surface area contributed by atoms with Gasteiger partial charge in [0.1, 0.15) is 19.3 Å². The van der Waals surface area contributed by atoms with Crippen LogP contribution in [0.25, 0.3) is 0 Å². The van der Waals surface area contributed by atoms with Crippen molar-refractivity contribution in [1.82, 2.24) is 0 Å². The van der Waals surface area contributed by atoms with Gasteiger partial charge in [0, 0.05) is 25.7 Å². The zero-order valence-electron chi connectivity index (χ0n) is 56.3. The standard InChI is InChI=1S/C68H132O17P2/c1-7-9-11-13-15-25-34-40-46-52-67(72)84-63(56-78-65(70)50-44-38-30-14-12-10-8-2)58-82-86(74,75)80-54-62(69)55-81-87(76,77)83-59-64(57-79-66(71)51-45-39-33-28-24-23-27-32-37-43-49-61(5)6)85-68(73)53-47-41-35-29-22-20-18-16-17-19-21-26-31-36-42-48-60(3)4/h60-64,69H,7-59H2,1-6H3,(H,74,75)(H,76,77)/t62-,63+,64+/m0/s1. The number of hydrogen-bond acceptors (Lipinski definition) is 15. The van der Waals surface area contributed by atoms with Crippen LogP contribution in [0.5, 0.6) is 0 Å². The summed E-state index contributed by atoms with van der Waals surface area (Å²) in [5.41, 5.74) is 0. The van der Waals surface area contributed by atoms with E-state index in [0.29, 0.717) is 25.7 Å². The van der Waals surface area contributed by atoms with Crippen molar-refractivity contribution in [3.8, 4) is 0 Å². The Balaban J connectivity index is 5.18. The maximum absolute atomic E-state index is 13.0. The van der Waals surface area contributed by atoms with E-state index < -0.39 is 97.5 Å². The van der Waals surface area contributed by atoms with Crippen LogP contribution in [0, 0.1) is 11.8 Å². The molecular weight excluding hydrogens is 1150 g/mol. The lowest BCUT2D eigenvalue weighted by atomic mass is 10.0. The van der Waals surface area contributed by atoms with E-state index in [1.54, 1.807) is 0 Å². The molecular formula is C68H132O17P2. The fourth-order valence-electron chi connectivity index (χ4n) is 10.2. The summed E-state index contributed by atoms with van der Waals surface area (Å²) in [7, 11) is -9.89. The van der Waals surface area contributed by atoms with Crippen LogP contribution in [0.1, 0.15) is 343 Å². The third-order valence-electron chi connectivity index (χ3n) is 15.7. The van der Waals surface area contributed by atoms with Crippen LogP contribution in [0.4, 0.5) is 0 Å². The molecule has 87 heavy (non-hydrogen) atoms. The first-order valence-corrected chi connectivity index (χ1v) is 38.5. The molecule has 3 N–H and O–H groups in total. The molecule has 19 heteroatoms. The Bertz CT molecular complexity index is 1700. The van der Waals surface area contributed by atoms with Crippen molar-refractivity contribution < 1.29 is 80.2 Å². The molecule has 0 saturated heterocycles. The number of hydrogen-bond donors (Lipinski definition) is 3. The molecule has 0 bridgehead atoms. The molecule has 5 atom stereocenters. The highest BCUT2D eigenvalue weighted by atomic mass is 31.2. The van der Waals surface area contributed by atoms with Gasteiger partial charge in [-0.2, -0.15) is 0 Å². The lowest BCUT2D eigenvalue weighted by Gasteiger charge is -2.21. The average molecular weight is 1280 g/mol. The van der Waals surface area contributed by atoms with Gasteiger partial charge in [-0.15, -0.1) is 0 Å². The van der Waals surface area contributed by atoms with Crippen molar-refractivity contribution in [2.75, 3.05) is 39.6 Å². The predicted octanol–water partition coefficient (Wildman–Crippen LogP) is 19.2. The number of ether oxygens (including phenoxy) is 4.